The van der Waals surface area contributed by atoms with Crippen LogP contribution in [0.1, 0.15) is 18.5 Å². The average molecular weight is 290 g/mol. The molecule has 1 atom stereocenters. The van der Waals surface area contributed by atoms with Crippen LogP contribution in [-0.2, 0) is 9.53 Å². The SMILES string of the molecule is Cc1ccc(N2CCCN(C(=O)[C@@H]3CCOC3)CC2)nn1. The molecular weight excluding hydrogens is 268 g/mol. The Morgan fingerprint density at radius 3 is 2.86 bits per heavy atom. The lowest BCUT2D eigenvalue weighted by Crippen LogP contribution is -2.39. The molecule has 0 aliphatic carbocycles. The van der Waals surface area contributed by atoms with Gasteiger partial charge in [0.05, 0.1) is 18.2 Å². The largest absolute Gasteiger partial charge is 0.381 e. The molecule has 0 N–H and O–H groups in total. The van der Waals surface area contributed by atoms with Gasteiger partial charge in [-0.2, -0.15) is 5.10 Å². The zero-order chi connectivity index (χ0) is 14.7. The quantitative estimate of drug-likeness (QED) is 0.808. The predicted octanol–water partition coefficient (Wildman–Crippen LogP) is 0.860. The van der Waals surface area contributed by atoms with Crippen LogP contribution in [0.25, 0.3) is 0 Å². The fourth-order valence-electron chi connectivity index (χ4n) is 2.91. The van der Waals surface area contributed by atoms with E-state index in [0.717, 1.165) is 57.1 Å². The third-order valence-corrected chi connectivity index (χ3v) is 4.19. The number of amides is 1. The van der Waals surface area contributed by atoms with Gasteiger partial charge in [0, 0.05) is 32.8 Å². The summed E-state index contributed by atoms with van der Waals surface area (Å²) in [6.07, 6.45) is 1.83. The first-order chi connectivity index (χ1) is 10.2. The molecule has 2 saturated heterocycles. The molecule has 1 amide bonds. The van der Waals surface area contributed by atoms with E-state index in [9.17, 15) is 4.79 Å². The van der Waals surface area contributed by atoms with E-state index in [1.165, 1.54) is 0 Å². The van der Waals surface area contributed by atoms with E-state index < -0.39 is 0 Å². The van der Waals surface area contributed by atoms with Gasteiger partial charge in [-0.15, -0.1) is 5.10 Å². The second-order valence-corrected chi connectivity index (χ2v) is 5.76. The second-order valence-electron chi connectivity index (χ2n) is 5.76. The minimum atomic E-state index is 0.0655. The standard InChI is InChI=1S/C15H22N4O2/c1-12-3-4-14(17-16-12)18-6-2-7-19(9-8-18)15(20)13-5-10-21-11-13/h3-4,13H,2,5-11H2,1H3/t13-/m1/s1. The molecule has 1 aromatic heterocycles. The van der Waals surface area contributed by atoms with Crippen LogP contribution in [0.3, 0.4) is 0 Å². The Bertz CT molecular complexity index is 485. The smallest absolute Gasteiger partial charge is 0.228 e. The van der Waals surface area contributed by atoms with Crippen LogP contribution >= 0.6 is 0 Å². The molecule has 0 radical (unpaired) electrons. The molecule has 0 saturated carbocycles. The first-order valence-corrected chi connectivity index (χ1v) is 7.66. The molecule has 21 heavy (non-hydrogen) atoms. The van der Waals surface area contributed by atoms with Crippen molar-refractivity contribution in [3.05, 3.63) is 17.8 Å². The van der Waals surface area contributed by atoms with Gasteiger partial charge < -0.3 is 14.5 Å². The summed E-state index contributed by atoms with van der Waals surface area (Å²) in [5.74, 6) is 1.22. The number of aromatic nitrogens is 2. The summed E-state index contributed by atoms with van der Waals surface area (Å²) in [7, 11) is 0. The lowest BCUT2D eigenvalue weighted by Gasteiger charge is -2.24. The normalized spacial score (nSPS) is 23.2. The Balaban J connectivity index is 1.61. The fraction of sp³-hybridized carbons (Fsp3) is 0.667. The number of hydrogen-bond donors (Lipinski definition) is 0. The van der Waals surface area contributed by atoms with Gasteiger partial charge in [-0.25, -0.2) is 0 Å². The van der Waals surface area contributed by atoms with E-state index in [4.69, 9.17) is 4.74 Å². The van der Waals surface area contributed by atoms with Crippen molar-refractivity contribution in [2.45, 2.75) is 19.8 Å². The molecule has 2 aliphatic rings. The van der Waals surface area contributed by atoms with Gasteiger partial charge in [-0.3, -0.25) is 4.79 Å². The molecule has 114 valence electrons. The van der Waals surface area contributed by atoms with E-state index in [2.05, 4.69) is 15.1 Å². The lowest BCUT2D eigenvalue weighted by atomic mass is 10.1. The summed E-state index contributed by atoms with van der Waals surface area (Å²) in [6, 6.07) is 3.98. The van der Waals surface area contributed by atoms with Crippen LogP contribution in [0.2, 0.25) is 0 Å². The van der Waals surface area contributed by atoms with Crippen LogP contribution in [0.15, 0.2) is 12.1 Å². The topological polar surface area (TPSA) is 58.6 Å². The number of carbonyl (C=O) groups is 1. The first kappa shape index (κ1) is 14.3. The van der Waals surface area contributed by atoms with Crippen molar-refractivity contribution in [1.82, 2.24) is 15.1 Å². The molecule has 0 unspecified atom stereocenters. The third kappa shape index (κ3) is 3.32. The van der Waals surface area contributed by atoms with Crippen molar-refractivity contribution < 1.29 is 9.53 Å². The molecule has 0 aromatic carbocycles. The van der Waals surface area contributed by atoms with Crippen molar-refractivity contribution in [2.75, 3.05) is 44.3 Å². The van der Waals surface area contributed by atoms with E-state index >= 15 is 0 Å². The zero-order valence-electron chi connectivity index (χ0n) is 12.5. The first-order valence-electron chi connectivity index (χ1n) is 7.66. The molecule has 2 aliphatic heterocycles. The minimum absolute atomic E-state index is 0.0655. The van der Waals surface area contributed by atoms with Gasteiger partial charge in [-0.05, 0) is 31.9 Å². The number of hydrogen-bond acceptors (Lipinski definition) is 5. The Kier molecular flexibility index (Phi) is 4.34. The highest BCUT2D eigenvalue weighted by Gasteiger charge is 2.29. The Hall–Kier alpha value is -1.69. The van der Waals surface area contributed by atoms with E-state index in [1.807, 2.05) is 24.0 Å². The lowest BCUT2D eigenvalue weighted by molar-refractivity contribution is -0.135. The summed E-state index contributed by atoms with van der Waals surface area (Å²) in [6.45, 7) is 6.55. The highest BCUT2D eigenvalue weighted by molar-refractivity contribution is 5.79. The van der Waals surface area contributed by atoms with Crippen molar-refractivity contribution in [1.29, 1.82) is 0 Å². The van der Waals surface area contributed by atoms with E-state index in [-0.39, 0.29) is 11.8 Å². The molecule has 0 spiro atoms. The van der Waals surface area contributed by atoms with E-state index in [0.29, 0.717) is 6.61 Å². The number of rotatable bonds is 2. The van der Waals surface area contributed by atoms with Crippen molar-refractivity contribution in [3.63, 3.8) is 0 Å². The molecule has 3 heterocycles. The Morgan fingerprint density at radius 1 is 1.24 bits per heavy atom. The van der Waals surface area contributed by atoms with Crippen LogP contribution in [0, 0.1) is 12.8 Å². The number of carbonyl (C=O) groups excluding carboxylic acids is 1. The molecule has 6 nitrogen and oxygen atoms in total. The highest BCUT2D eigenvalue weighted by atomic mass is 16.5. The maximum atomic E-state index is 12.4. The predicted molar refractivity (Wildman–Crippen MR) is 79.1 cm³/mol. The van der Waals surface area contributed by atoms with Gasteiger partial charge in [0.25, 0.3) is 0 Å². The number of anilines is 1. The maximum absolute atomic E-state index is 12.4. The fourth-order valence-corrected chi connectivity index (χ4v) is 2.91. The third-order valence-electron chi connectivity index (χ3n) is 4.19. The number of ether oxygens (including phenoxy) is 1. The average Bonchev–Trinajstić information content (AvgIpc) is 2.92. The van der Waals surface area contributed by atoms with Crippen LogP contribution < -0.4 is 4.90 Å². The van der Waals surface area contributed by atoms with Gasteiger partial charge in [-0.1, -0.05) is 0 Å². The molecule has 1 aromatic rings. The highest BCUT2D eigenvalue weighted by Crippen LogP contribution is 2.18. The second kappa shape index (κ2) is 6.39. The summed E-state index contributed by atoms with van der Waals surface area (Å²) in [4.78, 5) is 16.6. The number of aryl methyl sites for hydroxylation is 1. The summed E-state index contributed by atoms with van der Waals surface area (Å²) in [5.41, 5.74) is 0.923. The van der Waals surface area contributed by atoms with Crippen LogP contribution in [-0.4, -0.2) is 60.4 Å². The molecule has 6 heteroatoms. The van der Waals surface area contributed by atoms with Crippen molar-refractivity contribution in [3.8, 4) is 0 Å². The Morgan fingerprint density at radius 2 is 2.14 bits per heavy atom. The summed E-state index contributed by atoms with van der Waals surface area (Å²) < 4.78 is 5.33. The molecule has 2 fully saturated rings. The van der Waals surface area contributed by atoms with Crippen molar-refractivity contribution >= 4 is 11.7 Å². The maximum Gasteiger partial charge on any atom is 0.228 e. The minimum Gasteiger partial charge on any atom is -0.381 e. The van der Waals surface area contributed by atoms with Gasteiger partial charge in [0.15, 0.2) is 5.82 Å². The summed E-state index contributed by atoms with van der Waals surface area (Å²) in [5, 5.41) is 8.36. The molecule has 3 rings (SSSR count). The Labute approximate surface area is 125 Å². The number of nitrogens with zero attached hydrogens (tertiary/aromatic N) is 4. The summed E-state index contributed by atoms with van der Waals surface area (Å²) >= 11 is 0. The zero-order valence-corrected chi connectivity index (χ0v) is 12.5. The van der Waals surface area contributed by atoms with E-state index in [1.54, 1.807) is 0 Å². The molecule has 0 bridgehead atoms. The van der Waals surface area contributed by atoms with Crippen molar-refractivity contribution in [2.24, 2.45) is 5.92 Å². The van der Waals surface area contributed by atoms with Gasteiger partial charge in [0.1, 0.15) is 0 Å². The van der Waals surface area contributed by atoms with Crippen LogP contribution in [0.5, 0.6) is 0 Å². The molecular formula is C15H22N4O2. The van der Waals surface area contributed by atoms with Gasteiger partial charge in [0.2, 0.25) is 5.91 Å². The monoisotopic (exact) mass is 290 g/mol. The van der Waals surface area contributed by atoms with Crippen LogP contribution in [0.4, 0.5) is 5.82 Å². The van der Waals surface area contributed by atoms with Gasteiger partial charge >= 0.3 is 0 Å².